The average Bonchev–Trinajstić information content (AvgIpc) is 3.55. The van der Waals surface area contributed by atoms with Crippen molar-refractivity contribution >= 4 is 49.0 Å². The molecule has 1 atom stereocenters. The Hall–Kier alpha value is -2.71. The molecule has 8 heteroatoms. The molecule has 0 bridgehead atoms. The maximum atomic E-state index is 13.7. The molecule has 2 aliphatic rings. The Labute approximate surface area is 216 Å². The summed E-state index contributed by atoms with van der Waals surface area (Å²) in [5, 5.41) is 2.60. The SMILES string of the molecule is O=S(=O)(c1cccc2ncccc12)N1CCC[C@@H]1CCN1CC=C(c2c[nH]c3ccc(Cl)cc23)CC1. The van der Waals surface area contributed by atoms with E-state index < -0.39 is 10.0 Å². The predicted molar refractivity (Wildman–Crippen MR) is 146 cm³/mol. The highest BCUT2D eigenvalue weighted by Crippen LogP contribution is 2.33. The average molecular weight is 521 g/mol. The number of pyridine rings is 1. The number of aromatic nitrogens is 2. The largest absolute Gasteiger partial charge is 0.361 e. The molecule has 6 nitrogen and oxygen atoms in total. The molecule has 2 aromatic carbocycles. The quantitative estimate of drug-likeness (QED) is 0.354. The lowest BCUT2D eigenvalue weighted by molar-refractivity contribution is 0.263. The first-order valence-electron chi connectivity index (χ1n) is 12.5. The van der Waals surface area contributed by atoms with E-state index >= 15 is 0 Å². The van der Waals surface area contributed by atoms with Gasteiger partial charge in [0.1, 0.15) is 0 Å². The first-order valence-corrected chi connectivity index (χ1v) is 14.4. The summed E-state index contributed by atoms with van der Waals surface area (Å²) in [5.74, 6) is 0. The van der Waals surface area contributed by atoms with Crippen LogP contribution in [0.2, 0.25) is 5.02 Å². The smallest absolute Gasteiger partial charge is 0.243 e. The van der Waals surface area contributed by atoms with Gasteiger partial charge in [-0.1, -0.05) is 23.7 Å². The minimum absolute atomic E-state index is 0.0306. The van der Waals surface area contributed by atoms with Crippen molar-refractivity contribution in [3.63, 3.8) is 0 Å². The number of sulfonamides is 1. The molecule has 4 aromatic rings. The van der Waals surface area contributed by atoms with Crippen LogP contribution in [-0.2, 0) is 10.0 Å². The number of H-pyrrole nitrogens is 1. The number of benzene rings is 2. The van der Waals surface area contributed by atoms with Crippen LogP contribution in [0, 0.1) is 0 Å². The second kappa shape index (κ2) is 9.63. The number of rotatable bonds is 6. The van der Waals surface area contributed by atoms with E-state index in [1.165, 1.54) is 11.1 Å². The van der Waals surface area contributed by atoms with Crippen LogP contribution in [0.15, 0.2) is 71.9 Å². The molecule has 1 fully saturated rings. The van der Waals surface area contributed by atoms with E-state index in [0.717, 1.165) is 61.2 Å². The fourth-order valence-electron chi connectivity index (χ4n) is 5.69. The minimum Gasteiger partial charge on any atom is -0.361 e. The van der Waals surface area contributed by atoms with Gasteiger partial charge in [-0.05, 0) is 80.3 Å². The zero-order chi connectivity index (χ0) is 24.7. The Kier molecular flexibility index (Phi) is 6.33. The Morgan fingerprint density at radius 3 is 2.86 bits per heavy atom. The summed E-state index contributed by atoms with van der Waals surface area (Å²) in [5.41, 5.74) is 4.38. The molecule has 0 aliphatic carbocycles. The summed E-state index contributed by atoms with van der Waals surface area (Å²) in [6, 6.07) is 15.0. The lowest BCUT2D eigenvalue weighted by Gasteiger charge is -2.30. The molecule has 2 aliphatic heterocycles. The van der Waals surface area contributed by atoms with Crippen molar-refractivity contribution in [2.45, 2.75) is 36.6 Å². The van der Waals surface area contributed by atoms with Crippen LogP contribution in [0.3, 0.4) is 0 Å². The van der Waals surface area contributed by atoms with E-state index in [9.17, 15) is 8.42 Å². The van der Waals surface area contributed by atoms with Crippen LogP contribution in [0.4, 0.5) is 0 Å². The maximum absolute atomic E-state index is 13.7. The molecule has 1 N–H and O–H groups in total. The van der Waals surface area contributed by atoms with Crippen molar-refractivity contribution in [2.24, 2.45) is 0 Å². The molecular weight excluding hydrogens is 492 g/mol. The number of halogens is 1. The van der Waals surface area contributed by atoms with Crippen LogP contribution >= 0.6 is 11.6 Å². The molecule has 36 heavy (non-hydrogen) atoms. The lowest BCUT2D eigenvalue weighted by atomic mass is 9.98. The second-order valence-electron chi connectivity index (χ2n) is 9.70. The van der Waals surface area contributed by atoms with Gasteiger partial charge in [0.15, 0.2) is 0 Å². The number of fused-ring (bicyclic) bond motifs is 2. The predicted octanol–water partition coefficient (Wildman–Crippen LogP) is 5.70. The van der Waals surface area contributed by atoms with E-state index in [4.69, 9.17) is 11.6 Å². The number of nitrogens with zero attached hydrogens (tertiary/aromatic N) is 3. The lowest BCUT2D eigenvalue weighted by Crippen LogP contribution is -2.39. The Bertz CT molecular complexity index is 1560. The number of hydrogen-bond acceptors (Lipinski definition) is 4. The monoisotopic (exact) mass is 520 g/mol. The van der Waals surface area contributed by atoms with Gasteiger partial charge in [-0.3, -0.25) is 9.88 Å². The Morgan fingerprint density at radius 1 is 1.08 bits per heavy atom. The summed E-state index contributed by atoms with van der Waals surface area (Å²) in [7, 11) is -3.58. The van der Waals surface area contributed by atoms with Crippen LogP contribution in [0.5, 0.6) is 0 Å². The van der Waals surface area contributed by atoms with Crippen molar-refractivity contribution in [3.05, 3.63) is 77.6 Å². The summed E-state index contributed by atoms with van der Waals surface area (Å²) in [6.45, 7) is 3.30. The van der Waals surface area contributed by atoms with Gasteiger partial charge in [0.2, 0.25) is 10.0 Å². The van der Waals surface area contributed by atoms with Crippen molar-refractivity contribution in [1.29, 1.82) is 0 Å². The molecule has 6 rings (SSSR count). The maximum Gasteiger partial charge on any atom is 0.243 e. The fraction of sp³-hybridized carbons (Fsp3) is 0.321. The molecule has 4 heterocycles. The van der Waals surface area contributed by atoms with E-state index in [1.54, 1.807) is 28.7 Å². The van der Waals surface area contributed by atoms with Crippen LogP contribution in [0.1, 0.15) is 31.2 Å². The van der Waals surface area contributed by atoms with E-state index in [-0.39, 0.29) is 6.04 Å². The minimum atomic E-state index is -3.58. The Morgan fingerprint density at radius 2 is 2.00 bits per heavy atom. The van der Waals surface area contributed by atoms with Gasteiger partial charge in [0.05, 0.1) is 10.4 Å². The van der Waals surface area contributed by atoms with E-state index in [1.807, 2.05) is 30.3 Å². The highest BCUT2D eigenvalue weighted by molar-refractivity contribution is 7.89. The molecule has 0 unspecified atom stereocenters. The Balaban J connectivity index is 1.14. The molecule has 1 saturated heterocycles. The summed E-state index contributed by atoms with van der Waals surface area (Å²) in [6.07, 6.45) is 9.70. The molecule has 0 amide bonds. The highest BCUT2D eigenvalue weighted by atomic mass is 35.5. The fourth-order valence-corrected chi connectivity index (χ4v) is 7.79. The van der Waals surface area contributed by atoms with Gasteiger partial charge in [-0.15, -0.1) is 0 Å². The van der Waals surface area contributed by atoms with Crippen molar-refractivity contribution in [2.75, 3.05) is 26.2 Å². The molecule has 0 saturated carbocycles. The summed E-state index contributed by atoms with van der Waals surface area (Å²) < 4.78 is 29.1. The van der Waals surface area contributed by atoms with Crippen molar-refractivity contribution in [3.8, 4) is 0 Å². The van der Waals surface area contributed by atoms with Gasteiger partial charge < -0.3 is 4.98 Å². The molecule has 0 radical (unpaired) electrons. The molecule has 0 spiro atoms. The van der Waals surface area contributed by atoms with Gasteiger partial charge in [-0.25, -0.2) is 8.42 Å². The number of hydrogen-bond donors (Lipinski definition) is 1. The van der Waals surface area contributed by atoms with Gasteiger partial charge in [-0.2, -0.15) is 4.31 Å². The number of nitrogens with one attached hydrogen (secondary N) is 1. The zero-order valence-electron chi connectivity index (χ0n) is 20.0. The zero-order valence-corrected chi connectivity index (χ0v) is 21.6. The van der Waals surface area contributed by atoms with Crippen LogP contribution in [-0.4, -0.2) is 59.8 Å². The van der Waals surface area contributed by atoms with Gasteiger partial charge in [0, 0.05) is 64.9 Å². The third-order valence-corrected chi connectivity index (χ3v) is 9.82. The van der Waals surface area contributed by atoms with E-state index in [2.05, 4.69) is 27.1 Å². The third kappa shape index (κ3) is 4.34. The molecule has 186 valence electrons. The topological polar surface area (TPSA) is 69.3 Å². The molecular formula is C28H29ClN4O2S. The third-order valence-electron chi connectivity index (χ3n) is 7.58. The van der Waals surface area contributed by atoms with Gasteiger partial charge >= 0.3 is 0 Å². The first kappa shape index (κ1) is 23.7. The standard InChI is InChI=1S/C28H29ClN4O2S/c29-21-8-9-27-24(18-21)25(19-31-27)20-10-15-32(16-11-20)17-12-22-4-3-14-33(22)36(34,35)28-7-1-6-26-23(28)5-2-13-30-26/h1-2,5-10,13,18-19,22,31H,3-4,11-12,14-17H2/t22-/m1/s1. The van der Waals surface area contributed by atoms with E-state index in [0.29, 0.717) is 22.3 Å². The normalized spacial score (nSPS) is 19.8. The van der Waals surface area contributed by atoms with Crippen molar-refractivity contribution in [1.82, 2.24) is 19.2 Å². The van der Waals surface area contributed by atoms with Crippen LogP contribution < -0.4 is 0 Å². The van der Waals surface area contributed by atoms with Gasteiger partial charge in [0.25, 0.3) is 0 Å². The number of aromatic amines is 1. The summed E-state index contributed by atoms with van der Waals surface area (Å²) >= 11 is 6.23. The van der Waals surface area contributed by atoms with Crippen LogP contribution in [0.25, 0.3) is 27.4 Å². The van der Waals surface area contributed by atoms with Crippen molar-refractivity contribution < 1.29 is 8.42 Å². The second-order valence-corrected chi connectivity index (χ2v) is 12.0. The first-order chi connectivity index (χ1) is 17.5. The summed E-state index contributed by atoms with van der Waals surface area (Å²) in [4.78, 5) is 10.5. The highest BCUT2D eigenvalue weighted by Gasteiger charge is 2.36. The molecule has 2 aromatic heterocycles.